The van der Waals surface area contributed by atoms with Gasteiger partial charge in [0.25, 0.3) is 0 Å². The Hall–Kier alpha value is -1.31. The van der Waals surface area contributed by atoms with E-state index in [2.05, 4.69) is 11.1 Å². The molecule has 16 heavy (non-hydrogen) atoms. The molecule has 0 aliphatic heterocycles. The second kappa shape index (κ2) is 3.62. The van der Waals surface area contributed by atoms with Crippen LogP contribution in [-0.2, 0) is 0 Å². The Bertz CT molecular complexity index is 692. The number of rotatable bonds is 0. The van der Waals surface area contributed by atoms with E-state index in [9.17, 15) is 0 Å². The quantitative estimate of drug-likeness (QED) is 0.415. The molecule has 0 amide bonds. The Morgan fingerprint density at radius 3 is 2.62 bits per heavy atom. The third-order valence-electron chi connectivity index (χ3n) is 2.60. The van der Waals surface area contributed by atoms with Crippen molar-refractivity contribution in [1.82, 2.24) is 4.98 Å². The van der Waals surface area contributed by atoms with Crippen molar-refractivity contribution < 1.29 is 0 Å². The maximum absolute atomic E-state index is 6.14. The van der Waals surface area contributed by atoms with Gasteiger partial charge in [-0.25, -0.2) is 4.98 Å². The molecule has 0 radical (unpaired) electrons. The lowest BCUT2D eigenvalue weighted by molar-refractivity contribution is 1.42. The molecule has 0 aliphatic carbocycles. The maximum atomic E-state index is 6.14. The topological polar surface area (TPSA) is 12.9 Å². The minimum Gasteiger partial charge on any atom is -0.236 e. The molecule has 0 aliphatic rings. The number of hydrogen-bond donors (Lipinski definition) is 0. The second-order valence-corrected chi connectivity index (χ2v) is 4.43. The van der Waals surface area contributed by atoms with Crippen LogP contribution in [0.3, 0.4) is 0 Å². The monoisotopic (exact) mass is 247 g/mol. The summed E-state index contributed by atoms with van der Waals surface area (Å²) in [6.07, 6.45) is 0. The Morgan fingerprint density at radius 2 is 1.75 bits per heavy atom. The number of aromatic nitrogens is 1. The first kappa shape index (κ1) is 9.88. The molecule has 1 heterocycles. The zero-order valence-corrected chi connectivity index (χ0v) is 9.76. The van der Waals surface area contributed by atoms with Crippen molar-refractivity contribution >= 4 is 44.9 Å². The van der Waals surface area contributed by atoms with Crippen molar-refractivity contribution in [2.45, 2.75) is 0 Å². The van der Waals surface area contributed by atoms with Gasteiger partial charge in [-0.1, -0.05) is 35.3 Å². The lowest BCUT2D eigenvalue weighted by Crippen LogP contribution is -1.81. The van der Waals surface area contributed by atoms with Crippen LogP contribution in [0.1, 0.15) is 0 Å². The number of hydrogen-bond acceptors (Lipinski definition) is 1. The van der Waals surface area contributed by atoms with Crippen LogP contribution in [-0.4, -0.2) is 4.98 Å². The van der Waals surface area contributed by atoms with Crippen LogP contribution < -0.4 is 0 Å². The lowest BCUT2D eigenvalue weighted by Gasteiger charge is -2.03. The van der Waals surface area contributed by atoms with E-state index in [1.54, 1.807) is 6.07 Å². The van der Waals surface area contributed by atoms with Gasteiger partial charge in [-0.2, -0.15) is 0 Å². The standard InChI is InChI=1S/C13H7Cl2N/c14-11-3-1-2-8-6-9-4-5-13(15)16-12(9)7-10(8)11/h1-7H. The highest BCUT2D eigenvalue weighted by atomic mass is 35.5. The fourth-order valence-electron chi connectivity index (χ4n) is 1.83. The van der Waals surface area contributed by atoms with Crippen LogP contribution >= 0.6 is 23.2 Å². The first-order valence-corrected chi connectivity index (χ1v) is 5.64. The van der Waals surface area contributed by atoms with Crippen molar-refractivity contribution in [2.24, 2.45) is 0 Å². The largest absolute Gasteiger partial charge is 0.236 e. The third kappa shape index (κ3) is 1.53. The number of fused-ring (bicyclic) bond motifs is 2. The smallest absolute Gasteiger partial charge is 0.129 e. The summed E-state index contributed by atoms with van der Waals surface area (Å²) in [7, 11) is 0. The van der Waals surface area contributed by atoms with Crippen LogP contribution in [0.5, 0.6) is 0 Å². The highest BCUT2D eigenvalue weighted by Gasteiger charge is 2.02. The number of nitrogens with zero attached hydrogens (tertiary/aromatic N) is 1. The van der Waals surface area contributed by atoms with Gasteiger partial charge < -0.3 is 0 Å². The van der Waals surface area contributed by atoms with Gasteiger partial charge in [0.15, 0.2) is 0 Å². The number of pyridine rings is 1. The van der Waals surface area contributed by atoms with Gasteiger partial charge in [0.2, 0.25) is 0 Å². The summed E-state index contributed by atoms with van der Waals surface area (Å²) < 4.78 is 0. The second-order valence-electron chi connectivity index (χ2n) is 3.64. The predicted octanol–water partition coefficient (Wildman–Crippen LogP) is 4.69. The molecule has 0 bridgehead atoms. The molecule has 3 rings (SSSR count). The first-order valence-electron chi connectivity index (χ1n) is 4.88. The van der Waals surface area contributed by atoms with Gasteiger partial charge in [0.1, 0.15) is 5.15 Å². The van der Waals surface area contributed by atoms with Crippen molar-refractivity contribution in [3.05, 3.63) is 52.6 Å². The SMILES string of the molecule is Clc1ccc2cc3cccc(Cl)c3cc2n1. The van der Waals surface area contributed by atoms with E-state index in [0.717, 1.165) is 26.7 Å². The van der Waals surface area contributed by atoms with E-state index in [1.165, 1.54) is 0 Å². The van der Waals surface area contributed by atoms with Gasteiger partial charge in [-0.15, -0.1) is 0 Å². The van der Waals surface area contributed by atoms with Crippen molar-refractivity contribution in [1.29, 1.82) is 0 Å². The van der Waals surface area contributed by atoms with Gasteiger partial charge in [-0.3, -0.25) is 0 Å². The molecule has 0 unspecified atom stereocenters. The van der Waals surface area contributed by atoms with Crippen LogP contribution in [0.15, 0.2) is 42.5 Å². The van der Waals surface area contributed by atoms with Gasteiger partial charge in [-0.05, 0) is 35.7 Å². The van der Waals surface area contributed by atoms with Crippen molar-refractivity contribution in [3.8, 4) is 0 Å². The third-order valence-corrected chi connectivity index (χ3v) is 3.14. The van der Waals surface area contributed by atoms with Crippen molar-refractivity contribution in [2.75, 3.05) is 0 Å². The Balaban J connectivity index is 2.49. The molecule has 0 N–H and O–H groups in total. The molecule has 0 atom stereocenters. The zero-order chi connectivity index (χ0) is 11.1. The normalized spacial score (nSPS) is 11.1. The molecular weight excluding hydrogens is 241 g/mol. The summed E-state index contributed by atoms with van der Waals surface area (Å²) in [5.74, 6) is 0. The Kier molecular flexibility index (Phi) is 2.23. The van der Waals surface area contributed by atoms with E-state index >= 15 is 0 Å². The van der Waals surface area contributed by atoms with Gasteiger partial charge in [0.05, 0.1) is 5.52 Å². The highest BCUT2D eigenvalue weighted by Crippen LogP contribution is 2.27. The van der Waals surface area contributed by atoms with E-state index < -0.39 is 0 Å². The summed E-state index contributed by atoms with van der Waals surface area (Å²) in [6, 6.07) is 13.7. The van der Waals surface area contributed by atoms with E-state index in [0.29, 0.717) is 5.15 Å². The summed E-state index contributed by atoms with van der Waals surface area (Å²) in [4.78, 5) is 4.27. The van der Waals surface area contributed by atoms with Crippen LogP contribution in [0.2, 0.25) is 10.2 Å². The average Bonchev–Trinajstić information content (AvgIpc) is 2.28. The molecule has 2 aromatic carbocycles. The van der Waals surface area contributed by atoms with Crippen LogP contribution in [0, 0.1) is 0 Å². The molecule has 3 aromatic rings. The molecule has 0 saturated carbocycles. The summed E-state index contributed by atoms with van der Waals surface area (Å²) in [6.45, 7) is 0. The maximum Gasteiger partial charge on any atom is 0.129 e. The number of halogens is 2. The fourth-order valence-corrected chi connectivity index (χ4v) is 2.23. The molecule has 1 nitrogen and oxygen atoms in total. The molecule has 0 saturated heterocycles. The fraction of sp³-hybridized carbons (Fsp3) is 0. The highest BCUT2D eigenvalue weighted by molar-refractivity contribution is 6.36. The molecule has 3 heteroatoms. The zero-order valence-electron chi connectivity index (χ0n) is 8.24. The average molecular weight is 248 g/mol. The lowest BCUT2D eigenvalue weighted by atomic mass is 10.1. The van der Waals surface area contributed by atoms with Crippen LogP contribution in [0.4, 0.5) is 0 Å². The Labute approximate surface area is 103 Å². The van der Waals surface area contributed by atoms with E-state index in [1.807, 2.05) is 30.3 Å². The summed E-state index contributed by atoms with van der Waals surface area (Å²) in [5, 5.41) is 4.43. The summed E-state index contributed by atoms with van der Waals surface area (Å²) in [5.41, 5.74) is 0.869. The Morgan fingerprint density at radius 1 is 0.875 bits per heavy atom. The predicted molar refractivity (Wildman–Crippen MR) is 69.3 cm³/mol. The molecule has 0 fully saturated rings. The summed E-state index contributed by atoms with van der Waals surface area (Å²) >= 11 is 12.0. The van der Waals surface area contributed by atoms with E-state index in [4.69, 9.17) is 23.2 Å². The van der Waals surface area contributed by atoms with Gasteiger partial charge >= 0.3 is 0 Å². The van der Waals surface area contributed by atoms with Gasteiger partial charge in [0, 0.05) is 15.8 Å². The van der Waals surface area contributed by atoms with Crippen molar-refractivity contribution in [3.63, 3.8) is 0 Å². The van der Waals surface area contributed by atoms with E-state index in [-0.39, 0.29) is 0 Å². The molecule has 78 valence electrons. The minimum atomic E-state index is 0.499. The molecule has 0 spiro atoms. The molecule has 1 aromatic heterocycles. The first-order chi connectivity index (χ1) is 7.74. The molecular formula is C13H7Cl2N. The minimum absolute atomic E-state index is 0.499. The number of benzene rings is 2. The van der Waals surface area contributed by atoms with Crippen LogP contribution in [0.25, 0.3) is 21.7 Å².